The Bertz CT molecular complexity index is 951. The maximum Gasteiger partial charge on any atom is 0.231 e. The number of aryl methyl sites for hydroxylation is 2. The van der Waals surface area contributed by atoms with Crippen LogP contribution in [0.4, 0.5) is 0 Å². The van der Waals surface area contributed by atoms with E-state index in [-0.39, 0.29) is 6.79 Å². The van der Waals surface area contributed by atoms with Crippen LogP contribution in [0.25, 0.3) is 5.82 Å². The molecule has 1 N–H and O–H groups in total. The van der Waals surface area contributed by atoms with Crippen LogP contribution in [0.15, 0.2) is 36.5 Å². The summed E-state index contributed by atoms with van der Waals surface area (Å²) in [7, 11) is 1.63. The summed E-state index contributed by atoms with van der Waals surface area (Å²) < 4.78 is 18.1. The highest BCUT2D eigenvalue weighted by atomic mass is 16.7. The Morgan fingerprint density at radius 2 is 1.96 bits per heavy atom. The van der Waals surface area contributed by atoms with Crippen LogP contribution in [0.2, 0.25) is 0 Å². The van der Waals surface area contributed by atoms with Gasteiger partial charge in [-0.3, -0.25) is 0 Å². The second-order valence-corrected chi connectivity index (χ2v) is 6.50. The minimum atomic E-state index is 0.232. The Morgan fingerprint density at radius 1 is 1.11 bits per heavy atom. The molecule has 7 nitrogen and oxygen atoms in total. The summed E-state index contributed by atoms with van der Waals surface area (Å²) in [5.41, 5.74) is 4.23. The number of hydrogen-bond donors (Lipinski definition) is 1. The van der Waals surface area contributed by atoms with Gasteiger partial charge in [-0.05, 0) is 49.2 Å². The van der Waals surface area contributed by atoms with Crippen molar-refractivity contribution in [2.45, 2.75) is 26.9 Å². The van der Waals surface area contributed by atoms with Crippen molar-refractivity contribution >= 4 is 0 Å². The minimum Gasteiger partial charge on any atom is -0.493 e. The molecular formula is C20H22N4O3. The largest absolute Gasteiger partial charge is 0.493 e. The van der Waals surface area contributed by atoms with Crippen LogP contribution in [-0.4, -0.2) is 28.7 Å². The molecule has 2 aromatic heterocycles. The van der Waals surface area contributed by atoms with E-state index >= 15 is 0 Å². The van der Waals surface area contributed by atoms with E-state index in [1.807, 2.05) is 49.0 Å². The lowest BCUT2D eigenvalue weighted by molar-refractivity contribution is 0.171. The first-order valence-corrected chi connectivity index (χ1v) is 8.80. The summed E-state index contributed by atoms with van der Waals surface area (Å²) in [6.07, 6.45) is 1.87. The van der Waals surface area contributed by atoms with E-state index in [0.29, 0.717) is 24.6 Å². The van der Waals surface area contributed by atoms with Gasteiger partial charge in [0.05, 0.1) is 12.8 Å². The molecule has 0 fully saturated rings. The first-order valence-electron chi connectivity index (χ1n) is 8.80. The van der Waals surface area contributed by atoms with Crippen LogP contribution in [-0.2, 0) is 13.1 Å². The molecule has 0 spiro atoms. The van der Waals surface area contributed by atoms with Gasteiger partial charge in [0.1, 0.15) is 0 Å². The standard InChI is InChI=1S/C20H22N4O3/c1-13-6-14(2)24(23-13)19-5-4-15(11-22-19)9-21-10-16-7-17(25-3)20-18(8-16)26-12-27-20/h4-8,11,21H,9-10,12H2,1-3H3. The Hall–Kier alpha value is -3.06. The van der Waals surface area contributed by atoms with Crippen molar-refractivity contribution in [3.63, 3.8) is 0 Å². The van der Waals surface area contributed by atoms with Crippen LogP contribution in [0.3, 0.4) is 0 Å². The van der Waals surface area contributed by atoms with Gasteiger partial charge in [-0.1, -0.05) is 6.07 Å². The molecule has 7 heteroatoms. The predicted octanol–water partition coefficient (Wildman–Crippen LogP) is 2.91. The fraction of sp³-hybridized carbons (Fsp3) is 0.300. The van der Waals surface area contributed by atoms with Crippen LogP contribution in [0.1, 0.15) is 22.5 Å². The van der Waals surface area contributed by atoms with Crippen molar-refractivity contribution in [1.82, 2.24) is 20.1 Å². The third kappa shape index (κ3) is 3.59. The number of rotatable bonds is 6. The molecule has 3 heterocycles. The van der Waals surface area contributed by atoms with Gasteiger partial charge in [0.25, 0.3) is 0 Å². The second kappa shape index (κ2) is 7.28. The normalized spacial score (nSPS) is 12.4. The number of aromatic nitrogens is 3. The SMILES string of the molecule is COc1cc(CNCc2ccc(-n3nc(C)cc3C)nc2)cc2c1OCO2. The number of methoxy groups -OCH3 is 1. The number of pyridine rings is 1. The summed E-state index contributed by atoms with van der Waals surface area (Å²) in [6, 6.07) is 10.0. The van der Waals surface area contributed by atoms with Crippen LogP contribution in [0, 0.1) is 13.8 Å². The van der Waals surface area contributed by atoms with E-state index < -0.39 is 0 Å². The monoisotopic (exact) mass is 366 g/mol. The Kier molecular flexibility index (Phi) is 4.68. The van der Waals surface area contributed by atoms with E-state index in [9.17, 15) is 0 Å². The van der Waals surface area contributed by atoms with Gasteiger partial charge in [-0.25, -0.2) is 9.67 Å². The molecule has 0 saturated heterocycles. The molecule has 0 radical (unpaired) electrons. The summed E-state index contributed by atoms with van der Waals surface area (Å²) in [6.45, 7) is 5.63. The van der Waals surface area contributed by atoms with E-state index in [2.05, 4.69) is 21.5 Å². The van der Waals surface area contributed by atoms with Gasteiger partial charge in [-0.15, -0.1) is 0 Å². The van der Waals surface area contributed by atoms with Gasteiger partial charge in [0.15, 0.2) is 17.3 Å². The number of nitrogens with zero attached hydrogens (tertiary/aromatic N) is 3. The molecule has 0 atom stereocenters. The molecule has 1 aliphatic rings. The summed E-state index contributed by atoms with van der Waals surface area (Å²) in [5.74, 6) is 2.91. The summed E-state index contributed by atoms with van der Waals surface area (Å²) in [5, 5.41) is 7.88. The maximum absolute atomic E-state index is 5.46. The smallest absolute Gasteiger partial charge is 0.231 e. The van der Waals surface area contributed by atoms with Gasteiger partial charge in [0.2, 0.25) is 12.5 Å². The molecule has 27 heavy (non-hydrogen) atoms. The first kappa shape index (κ1) is 17.4. The fourth-order valence-electron chi connectivity index (χ4n) is 3.14. The van der Waals surface area contributed by atoms with E-state index in [1.54, 1.807) is 7.11 Å². The molecule has 0 aliphatic carbocycles. The topological polar surface area (TPSA) is 70.4 Å². The van der Waals surface area contributed by atoms with Crippen LogP contribution < -0.4 is 19.5 Å². The van der Waals surface area contributed by atoms with E-state index in [4.69, 9.17) is 14.2 Å². The average Bonchev–Trinajstić information content (AvgIpc) is 3.27. The van der Waals surface area contributed by atoms with Crippen molar-refractivity contribution < 1.29 is 14.2 Å². The van der Waals surface area contributed by atoms with Crippen LogP contribution >= 0.6 is 0 Å². The lowest BCUT2D eigenvalue weighted by Gasteiger charge is -2.10. The zero-order chi connectivity index (χ0) is 18.8. The molecule has 140 valence electrons. The number of benzene rings is 1. The average molecular weight is 366 g/mol. The maximum atomic E-state index is 5.46. The Labute approximate surface area is 157 Å². The minimum absolute atomic E-state index is 0.232. The summed E-state index contributed by atoms with van der Waals surface area (Å²) in [4.78, 5) is 4.53. The van der Waals surface area contributed by atoms with Crippen molar-refractivity contribution in [3.8, 4) is 23.1 Å². The van der Waals surface area contributed by atoms with E-state index in [1.165, 1.54) is 0 Å². The highest BCUT2D eigenvalue weighted by Crippen LogP contribution is 2.41. The van der Waals surface area contributed by atoms with Crippen molar-refractivity contribution in [2.24, 2.45) is 0 Å². The number of fused-ring (bicyclic) bond motifs is 1. The molecular weight excluding hydrogens is 344 g/mol. The molecule has 0 saturated carbocycles. The van der Waals surface area contributed by atoms with Crippen molar-refractivity contribution in [2.75, 3.05) is 13.9 Å². The quantitative estimate of drug-likeness (QED) is 0.723. The molecule has 1 aromatic carbocycles. The third-order valence-electron chi connectivity index (χ3n) is 4.41. The lowest BCUT2D eigenvalue weighted by atomic mass is 10.1. The van der Waals surface area contributed by atoms with Crippen molar-refractivity contribution in [3.05, 3.63) is 59.0 Å². The fourth-order valence-corrected chi connectivity index (χ4v) is 3.14. The molecule has 3 aromatic rings. The predicted molar refractivity (Wildman–Crippen MR) is 100 cm³/mol. The van der Waals surface area contributed by atoms with Gasteiger partial charge in [0, 0.05) is 25.0 Å². The van der Waals surface area contributed by atoms with Gasteiger partial charge >= 0.3 is 0 Å². The van der Waals surface area contributed by atoms with Crippen molar-refractivity contribution in [1.29, 1.82) is 0 Å². The Balaban J connectivity index is 1.39. The first-order chi connectivity index (χ1) is 13.1. The second-order valence-electron chi connectivity index (χ2n) is 6.50. The third-order valence-corrected chi connectivity index (χ3v) is 4.41. The zero-order valence-corrected chi connectivity index (χ0v) is 15.7. The van der Waals surface area contributed by atoms with Crippen LogP contribution in [0.5, 0.6) is 17.2 Å². The summed E-state index contributed by atoms with van der Waals surface area (Å²) >= 11 is 0. The highest BCUT2D eigenvalue weighted by molar-refractivity contribution is 5.55. The number of nitrogens with one attached hydrogen (secondary N) is 1. The van der Waals surface area contributed by atoms with E-state index in [0.717, 1.165) is 34.1 Å². The lowest BCUT2D eigenvalue weighted by Crippen LogP contribution is -2.13. The van der Waals surface area contributed by atoms with Gasteiger partial charge in [-0.2, -0.15) is 5.10 Å². The molecule has 0 amide bonds. The Morgan fingerprint density at radius 3 is 2.67 bits per heavy atom. The molecule has 4 rings (SSSR count). The molecule has 0 unspecified atom stereocenters. The molecule has 1 aliphatic heterocycles. The number of hydrogen-bond acceptors (Lipinski definition) is 6. The van der Waals surface area contributed by atoms with Gasteiger partial charge < -0.3 is 19.5 Å². The molecule has 0 bridgehead atoms. The number of ether oxygens (including phenoxy) is 3. The highest BCUT2D eigenvalue weighted by Gasteiger charge is 2.19. The zero-order valence-electron chi connectivity index (χ0n) is 15.7.